The van der Waals surface area contributed by atoms with Crippen molar-refractivity contribution in [1.82, 2.24) is 20.1 Å². The van der Waals surface area contributed by atoms with Crippen LogP contribution in [-0.2, 0) is 11.8 Å². The predicted octanol–water partition coefficient (Wildman–Crippen LogP) is 6.71. The standard InChI is InChI=1S/C25H28Cl2IN5O2S/c1-13(2)18-11-16(28)7-9-20(18)29-21(34)12-36-25-32-31-23(33(25)5)22(14(3)4)30-24(35)17-8-6-15(26)10-19(17)27/h6-11,13-14,22H,12H2,1-5H3,(H,29,34)(H,30,35)/t22-/m1/s1. The van der Waals surface area contributed by atoms with Crippen molar-refractivity contribution < 1.29 is 9.59 Å². The Bertz CT molecular complexity index is 1270. The van der Waals surface area contributed by atoms with E-state index in [0.717, 1.165) is 14.8 Å². The Kier molecular flexibility index (Phi) is 10.1. The smallest absolute Gasteiger partial charge is 0.253 e. The summed E-state index contributed by atoms with van der Waals surface area (Å²) >= 11 is 15.7. The van der Waals surface area contributed by atoms with Gasteiger partial charge in [-0.1, -0.05) is 62.7 Å². The molecule has 0 aliphatic heterocycles. The summed E-state index contributed by atoms with van der Waals surface area (Å²) in [5.41, 5.74) is 2.24. The van der Waals surface area contributed by atoms with Gasteiger partial charge in [0.2, 0.25) is 5.91 Å². The molecule has 0 aliphatic rings. The van der Waals surface area contributed by atoms with Crippen LogP contribution in [-0.4, -0.2) is 32.3 Å². The van der Waals surface area contributed by atoms with Crippen LogP contribution in [0.5, 0.6) is 0 Å². The molecule has 2 N–H and O–H groups in total. The van der Waals surface area contributed by atoms with Gasteiger partial charge in [0.15, 0.2) is 11.0 Å². The van der Waals surface area contributed by atoms with Crippen molar-refractivity contribution >= 4 is 75.1 Å². The van der Waals surface area contributed by atoms with E-state index in [-0.39, 0.29) is 34.4 Å². The third-order valence-corrected chi connectivity index (χ3v) is 7.76. The minimum Gasteiger partial charge on any atom is -0.342 e. The zero-order chi connectivity index (χ0) is 26.6. The average Bonchev–Trinajstić information content (AvgIpc) is 3.16. The lowest BCUT2D eigenvalue weighted by Gasteiger charge is -2.22. The molecule has 0 saturated heterocycles. The normalized spacial score (nSPS) is 12.2. The first-order valence-corrected chi connectivity index (χ1v) is 14.2. The van der Waals surface area contributed by atoms with Gasteiger partial charge in [-0.25, -0.2) is 0 Å². The number of anilines is 1. The highest BCUT2D eigenvalue weighted by Gasteiger charge is 2.26. The number of thioether (sulfide) groups is 1. The van der Waals surface area contributed by atoms with Crippen LogP contribution in [0.3, 0.4) is 0 Å². The summed E-state index contributed by atoms with van der Waals surface area (Å²) < 4.78 is 2.93. The van der Waals surface area contributed by atoms with Crippen LogP contribution < -0.4 is 10.6 Å². The molecule has 0 radical (unpaired) electrons. The molecule has 1 atom stereocenters. The molecule has 2 amide bonds. The molecule has 0 bridgehead atoms. The van der Waals surface area contributed by atoms with E-state index in [1.165, 1.54) is 17.8 Å². The molecule has 0 saturated carbocycles. The van der Waals surface area contributed by atoms with Crippen molar-refractivity contribution in [3.63, 3.8) is 0 Å². The maximum Gasteiger partial charge on any atom is 0.253 e. The minimum atomic E-state index is -0.412. The number of rotatable bonds is 9. The summed E-state index contributed by atoms with van der Waals surface area (Å²) in [6.45, 7) is 8.16. The first-order chi connectivity index (χ1) is 17.0. The van der Waals surface area contributed by atoms with Gasteiger partial charge >= 0.3 is 0 Å². The largest absolute Gasteiger partial charge is 0.342 e. The van der Waals surface area contributed by atoms with Gasteiger partial charge in [0.1, 0.15) is 0 Å². The predicted molar refractivity (Wildman–Crippen MR) is 155 cm³/mol. The van der Waals surface area contributed by atoms with E-state index in [0.29, 0.717) is 21.6 Å². The second-order valence-corrected chi connectivity index (χ2v) is 12.0. The Morgan fingerprint density at radius 1 is 1.08 bits per heavy atom. The molecule has 1 aromatic heterocycles. The van der Waals surface area contributed by atoms with Crippen LogP contribution in [0.25, 0.3) is 0 Å². The number of nitrogens with one attached hydrogen (secondary N) is 2. The van der Waals surface area contributed by atoms with E-state index in [2.05, 4.69) is 63.3 Å². The second-order valence-electron chi connectivity index (χ2n) is 8.94. The summed E-state index contributed by atoms with van der Waals surface area (Å²) in [6, 6.07) is 10.3. The Hall–Kier alpha value is -1.82. The Labute approximate surface area is 239 Å². The van der Waals surface area contributed by atoms with Gasteiger partial charge in [0.05, 0.1) is 22.4 Å². The fraction of sp³-hybridized carbons (Fsp3) is 0.360. The van der Waals surface area contributed by atoms with Crippen molar-refractivity contribution in [2.24, 2.45) is 13.0 Å². The molecule has 2 aromatic carbocycles. The average molecular weight is 660 g/mol. The Morgan fingerprint density at radius 3 is 2.44 bits per heavy atom. The lowest BCUT2D eigenvalue weighted by atomic mass is 10.0. The fourth-order valence-corrected chi connectivity index (χ4v) is 5.31. The van der Waals surface area contributed by atoms with Crippen molar-refractivity contribution in [2.45, 2.75) is 44.8 Å². The zero-order valence-electron chi connectivity index (χ0n) is 20.6. The lowest BCUT2D eigenvalue weighted by Crippen LogP contribution is -2.33. The van der Waals surface area contributed by atoms with E-state index in [4.69, 9.17) is 23.2 Å². The number of carbonyl (C=O) groups is 2. The molecule has 192 valence electrons. The number of hydrogen-bond donors (Lipinski definition) is 2. The first kappa shape index (κ1) is 28.7. The summed E-state index contributed by atoms with van der Waals surface area (Å²) in [5, 5.41) is 15.9. The molecular weight excluding hydrogens is 632 g/mol. The van der Waals surface area contributed by atoms with Gasteiger partial charge in [0.25, 0.3) is 5.91 Å². The highest BCUT2D eigenvalue weighted by molar-refractivity contribution is 14.1. The van der Waals surface area contributed by atoms with E-state index >= 15 is 0 Å². The molecule has 7 nitrogen and oxygen atoms in total. The van der Waals surface area contributed by atoms with Gasteiger partial charge in [-0.2, -0.15) is 0 Å². The fourth-order valence-electron chi connectivity index (χ4n) is 3.59. The van der Waals surface area contributed by atoms with Gasteiger partial charge in [0, 0.05) is 21.3 Å². The van der Waals surface area contributed by atoms with Crippen LogP contribution in [0.15, 0.2) is 41.6 Å². The zero-order valence-corrected chi connectivity index (χ0v) is 25.1. The van der Waals surface area contributed by atoms with E-state index in [9.17, 15) is 9.59 Å². The number of halogens is 3. The maximum absolute atomic E-state index is 12.9. The van der Waals surface area contributed by atoms with Crippen LogP contribution >= 0.6 is 57.6 Å². The van der Waals surface area contributed by atoms with Gasteiger partial charge in [-0.05, 0) is 76.4 Å². The van der Waals surface area contributed by atoms with Gasteiger partial charge in [-0.3, -0.25) is 9.59 Å². The monoisotopic (exact) mass is 659 g/mol. The molecular formula is C25H28Cl2IN5O2S. The number of benzene rings is 2. The Morgan fingerprint density at radius 2 is 1.81 bits per heavy atom. The maximum atomic E-state index is 12.9. The van der Waals surface area contributed by atoms with Crippen LogP contribution in [0.4, 0.5) is 5.69 Å². The molecule has 3 rings (SSSR count). The van der Waals surface area contributed by atoms with E-state index in [1.807, 2.05) is 33.0 Å². The topological polar surface area (TPSA) is 88.9 Å². The number of hydrogen-bond acceptors (Lipinski definition) is 5. The van der Waals surface area contributed by atoms with Crippen molar-refractivity contribution in [2.75, 3.05) is 11.1 Å². The minimum absolute atomic E-state index is 0.0272. The second kappa shape index (κ2) is 12.6. The van der Waals surface area contributed by atoms with Crippen LogP contribution in [0.2, 0.25) is 10.0 Å². The molecule has 0 unspecified atom stereocenters. The van der Waals surface area contributed by atoms with Crippen LogP contribution in [0.1, 0.15) is 61.4 Å². The van der Waals surface area contributed by atoms with Crippen molar-refractivity contribution in [3.05, 3.63) is 67.0 Å². The van der Waals surface area contributed by atoms with E-state index < -0.39 is 6.04 Å². The summed E-state index contributed by atoms with van der Waals surface area (Å²) in [5.74, 6) is 0.624. The molecule has 11 heteroatoms. The molecule has 1 heterocycles. The summed E-state index contributed by atoms with van der Waals surface area (Å²) in [7, 11) is 1.82. The quantitative estimate of drug-likeness (QED) is 0.197. The molecule has 0 fully saturated rings. The number of carbonyl (C=O) groups excluding carboxylic acids is 2. The first-order valence-electron chi connectivity index (χ1n) is 11.3. The van der Waals surface area contributed by atoms with Gasteiger partial charge in [-0.15, -0.1) is 10.2 Å². The Balaban J connectivity index is 1.70. The molecule has 0 spiro atoms. The molecule has 0 aliphatic carbocycles. The number of nitrogens with zero attached hydrogens (tertiary/aromatic N) is 3. The summed E-state index contributed by atoms with van der Waals surface area (Å²) in [6.07, 6.45) is 0. The van der Waals surface area contributed by atoms with Crippen LogP contribution in [0, 0.1) is 9.49 Å². The SMILES string of the molecule is CC(C)c1cc(I)ccc1NC(=O)CSc1nnc([C@H](NC(=O)c2ccc(Cl)cc2Cl)C(C)C)n1C. The molecule has 3 aromatic rings. The van der Waals surface area contributed by atoms with Crippen molar-refractivity contribution in [3.8, 4) is 0 Å². The van der Waals surface area contributed by atoms with Crippen molar-refractivity contribution in [1.29, 1.82) is 0 Å². The molecule has 36 heavy (non-hydrogen) atoms. The number of amides is 2. The highest BCUT2D eigenvalue weighted by atomic mass is 127. The summed E-state index contributed by atoms with van der Waals surface area (Å²) in [4.78, 5) is 25.6. The number of aromatic nitrogens is 3. The van der Waals surface area contributed by atoms with E-state index in [1.54, 1.807) is 16.7 Å². The lowest BCUT2D eigenvalue weighted by molar-refractivity contribution is -0.113. The third-order valence-electron chi connectivity index (χ3n) is 5.52. The van der Waals surface area contributed by atoms with Gasteiger partial charge < -0.3 is 15.2 Å². The highest BCUT2D eigenvalue weighted by Crippen LogP contribution is 2.28. The third kappa shape index (κ3) is 7.14.